The molecule has 0 heterocycles. The van der Waals surface area contributed by atoms with Gasteiger partial charge < -0.3 is 9.66 Å². The molecular formula is C5H11O3S-. The Morgan fingerprint density at radius 3 is 2.67 bits per heavy atom. The average Bonchev–Trinajstić information content (AvgIpc) is 1.63. The normalized spacial score (nSPS) is 17.2. The van der Waals surface area contributed by atoms with Crippen LogP contribution in [0.2, 0.25) is 0 Å². The van der Waals surface area contributed by atoms with Gasteiger partial charge in [0.25, 0.3) is 0 Å². The van der Waals surface area contributed by atoms with Crippen LogP contribution in [0, 0.1) is 0 Å². The van der Waals surface area contributed by atoms with Crippen molar-refractivity contribution in [1.82, 2.24) is 0 Å². The molecule has 0 spiro atoms. The van der Waals surface area contributed by atoms with E-state index in [1.807, 2.05) is 0 Å². The molecule has 0 bridgehead atoms. The minimum atomic E-state index is -1.94. The summed E-state index contributed by atoms with van der Waals surface area (Å²) < 4.78 is 19.8. The van der Waals surface area contributed by atoms with E-state index < -0.39 is 11.1 Å². The van der Waals surface area contributed by atoms with Gasteiger partial charge in [0.1, 0.15) is 0 Å². The Hall–Kier alpha value is 0.0700. The number of aliphatic hydroxyl groups excluding tert-OH is 1. The highest BCUT2D eigenvalue weighted by Gasteiger charge is 1.93. The fraction of sp³-hybridized carbons (Fsp3) is 1.00. The van der Waals surface area contributed by atoms with Crippen LogP contribution in [0.15, 0.2) is 0 Å². The van der Waals surface area contributed by atoms with Gasteiger partial charge >= 0.3 is 0 Å². The molecule has 56 valence electrons. The van der Waals surface area contributed by atoms with Gasteiger partial charge in [-0.15, -0.1) is 0 Å². The van der Waals surface area contributed by atoms with E-state index in [1.54, 1.807) is 6.92 Å². The summed E-state index contributed by atoms with van der Waals surface area (Å²) in [6.45, 7) is 1.65. The Balaban J connectivity index is 3.01. The first-order valence-electron chi connectivity index (χ1n) is 2.87. The SMILES string of the molecule is CC(O)CCCS(=O)[O-]. The van der Waals surface area contributed by atoms with Crippen molar-refractivity contribution in [2.45, 2.75) is 25.9 Å². The smallest absolute Gasteiger partial charge is 0.0512 e. The maximum absolute atomic E-state index is 9.90. The molecule has 0 aromatic carbocycles. The first kappa shape index (κ1) is 9.07. The maximum Gasteiger partial charge on any atom is 0.0512 e. The summed E-state index contributed by atoms with van der Waals surface area (Å²) in [5.74, 6) is 0.158. The van der Waals surface area contributed by atoms with Gasteiger partial charge in [-0.3, -0.25) is 4.21 Å². The molecule has 2 unspecified atom stereocenters. The molecule has 3 nitrogen and oxygen atoms in total. The Bertz CT molecular complexity index is 92.2. The topological polar surface area (TPSA) is 60.4 Å². The zero-order valence-electron chi connectivity index (χ0n) is 5.37. The molecule has 0 fully saturated rings. The van der Waals surface area contributed by atoms with Crippen molar-refractivity contribution in [3.63, 3.8) is 0 Å². The second-order valence-corrected chi connectivity index (χ2v) is 3.01. The van der Waals surface area contributed by atoms with Gasteiger partial charge in [-0.25, -0.2) is 0 Å². The molecule has 0 aliphatic heterocycles. The first-order chi connectivity index (χ1) is 4.13. The van der Waals surface area contributed by atoms with Crippen molar-refractivity contribution in [2.75, 3.05) is 5.75 Å². The lowest BCUT2D eigenvalue weighted by molar-refractivity contribution is 0.183. The van der Waals surface area contributed by atoms with E-state index in [0.29, 0.717) is 12.8 Å². The predicted octanol–water partition coefficient (Wildman–Crippen LogP) is 0.0265. The molecule has 0 aromatic heterocycles. The zero-order chi connectivity index (χ0) is 7.28. The van der Waals surface area contributed by atoms with Gasteiger partial charge in [-0.2, -0.15) is 0 Å². The highest BCUT2D eigenvalue weighted by molar-refractivity contribution is 7.79. The quantitative estimate of drug-likeness (QED) is 0.576. The summed E-state index contributed by atoms with van der Waals surface area (Å²) in [5, 5.41) is 8.66. The van der Waals surface area contributed by atoms with E-state index in [1.165, 1.54) is 0 Å². The van der Waals surface area contributed by atoms with Gasteiger partial charge in [-0.05, 0) is 19.8 Å². The Morgan fingerprint density at radius 2 is 2.33 bits per heavy atom. The summed E-state index contributed by atoms with van der Waals surface area (Å²) in [4.78, 5) is 0. The molecule has 0 rings (SSSR count). The molecule has 0 aliphatic rings. The third-order valence-corrected chi connectivity index (χ3v) is 1.55. The molecule has 0 aromatic rings. The number of rotatable bonds is 4. The minimum absolute atomic E-state index is 0.158. The van der Waals surface area contributed by atoms with E-state index in [2.05, 4.69) is 0 Å². The monoisotopic (exact) mass is 151 g/mol. The first-order valence-corrected chi connectivity index (χ1v) is 4.11. The molecule has 0 aliphatic carbocycles. The molecule has 2 atom stereocenters. The Labute approximate surface area is 57.4 Å². The van der Waals surface area contributed by atoms with Gasteiger partial charge in [0, 0.05) is 5.75 Å². The summed E-state index contributed by atoms with van der Waals surface area (Å²) in [5.41, 5.74) is 0. The number of hydrogen-bond acceptors (Lipinski definition) is 3. The third-order valence-electron chi connectivity index (χ3n) is 0.933. The van der Waals surface area contributed by atoms with E-state index in [9.17, 15) is 8.76 Å². The molecule has 0 saturated heterocycles. The van der Waals surface area contributed by atoms with Crippen molar-refractivity contribution in [1.29, 1.82) is 0 Å². The van der Waals surface area contributed by atoms with Crippen molar-refractivity contribution >= 4 is 11.1 Å². The molecule has 4 heteroatoms. The highest BCUT2D eigenvalue weighted by Crippen LogP contribution is 1.95. The average molecular weight is 151 g/mol. The fourth-order valence-corrected chi connectivity index (χ4v) is 0.899. The van der Waals surface area contributed by atoms with Crippen molar-refractivity contribution < 1.29 is 13.9 Å². The van der Waals surface area contributed by atoms with Crippen LogP contribution >= 0.6 is 0 Å². The van der Waals surface area contributed by atoms with E-state index >= 15 is 0 Å². The van der Waals surface area contributed by atoms with Gasteiger partial charge in [0.15, 0.2) is 0 Å². The van der Waals surface area contributed by atoms with Crippen LogP contribution in [0.5, 0.6) is 0 Å². The van der Waals surface area contributed by atoms with Gasteiger partial charge in [0.2, 0.25) is 0 Å². The van der Waals surface area contributed by atoms with E-state index in [4.69, 9.17) is 5.11 Å². The zero-order valence-corrected chi connectivity index (χ0v) is 6.19. The molecule has 1 N–H and O–H groups in total. The largest absolute Gasteiger partial charge is 0.772 e. The Kier molecular flexibility index (Phi) is 4.94. The van der Waals surface area contributed by atoms with Crippen LogP contribution in [0.3, 0.4) is 0 Å². The van der Waals surface area contributed by atoms with Crippen LogP contribution in [-0.2, 0) is 11.1 Å². The number of aliphatic hydroxyl groups is 1. The highest BCUT2D eigenvalue weighted by atomic mass is 32.2. The van der Waals surface area contributed by atoms with Crippen LogP contribution < -0.4 is 0 Å². The van der Waals surface area contributed by atoms with E-state index in [-0.39, 0.29) is 11.9 Å². The van der Waals surface area contributed by atoms with E-state index in [0.717, 1.165) is 0 Å². The summed E-state index contributed by atoms with van der Waals surface area (Å²) in [6.07, 6.45) is 0.732. The van der Waals surface area contributed by atoms with Crippen molar-refractivity contribution in [3.05, 3.63) is 0 Å². The molecule has 9 heavy (non-hydrogen) atoms. The standard InChI is InChI=1S/C5H12O3S/c1-5(6)3-2-4-9(7)8/h5-6H,2-4H2,1H3,(H,7,8)/p-1. The predicted molar refractivity (Wildman–Crippen MR) is 34.7 cm³/mol. The van der Waals surface area contributed by atoms with Gasteiger partial charge in [-0.1, -0.05) is 11.1 Å². The fourth-order valence-electron chi connectivity index (χ4n) is 0.497. The number of hydrogen-bond donors (Lipinski definition) is 1. The second kappa shape index (κ2) is 4.90. The van der Waals surface area contributed by atoms with Crippen LogP contribution in [0.1, 0.15) is 19.8 Å². The lowest BCUT2D eigenvalue weighted by Crippen LogP contribution is -2.03. The van der Waals surface area contributed by atoms with Crippen LogP contribution in [0.4, 0.5) is 0 Å². The maximum atomic E-state index is 9.90. The second-order valence-electron chi connectivity index (χ2n) is 2.00. The van der Waals surface area contributed by atoms with Gasteiger partial charge in [0.05, 0.1) is 6.10 Å². The molecule has 0 radical (unpaired) electrons. The summed E-state index contributed by atoms with van der Waals surface area (Å²) in [6, 6.07) is 0. The van der Waals surface area contributed by atoms with Crippen molar-refractivity contribution in [3.8, 4) is 0 Å². The third kappa shape index (κ3) is 8.07. The lowest BCUT2D eigenvalue weighted by atomic mass is 10.2. The molecule has 0 saturated carbocycles. The lowest BCUT2D eigenvalue weighted by Gasteiger charge is -2.05. The summed E-state index contributed by atoms with van der Waals surface area (Å²) >= 11 is -1.94. The summed E-state index contributed by atoms with van der Waals surface area (Å²) in [7, 11) is 0. The molecular weight excluding hydrogens is 140 g/mol. The molecule has 0 amide bonds. The van der Waals surface area contributed by atoms with Crippen LogP contribution in [0.25, 0.3) is 0 Å². The van der Waals surface area contributed by atoms with Crippen LogP contribution in [-0.4, -0.2) is 25.7 Å². The Morgan fingerprint density at radius 1 is 1.78 bits per heavy atom. The van der Waals surface area contributed by atoms with Crippen molar-refractivity contribution in [2.24, 2.45) is 0 Å². The minimum Gasteiger partial charge on any atom is -0.772 e.